The van der Waals surface area contributed by atoms with Gasteiger partial charge in [0.25, 0.3) is 0 Å². The molecule has 6 heteroatoms. The summed E-state index contributed by atoms with van der Waals surface area (Å²) in [6, 6.07) is 7.83. The molecule has 0 unspecified atom stereocenters. The highest BCUT2D eigenvalue weighted by atomic mass is 19.4. The van der Waals surface area contributed by atoms with Crippen LogP contribution < -0.4 is 4.74 Å². The molecule has 3 nitrogen and oxygen atoms in total. The third kappa shape index (κ3) is 2.70. The van der Waals surface area contributed by atoms with Gasteiger partial charge in [0, 0.05) is 12.4 Å². The third-order valence-corrected chi connectivity index (χ3v) is 3.82. The molecule has 0 radical (unpaired) electrons. The number of nitrogens with zero attached hydrogens (tertiary/aromatic N) is 2. The van der Waals surface area contributed by atoms with Gasteiger partial charge in [-0.05, 0) is 36.6 Å². The number of ether oxygens (including phenoxy) is 1. The van der Waals surface area contributed by atoms with Crippen molar-refractivity contribution >= 4 is 0 Å². The van der Waals surface area contributed by atoms with Gasteiger partial charge in [-0.3, -0.25) is 0 Å². The number of hydrogen-bond acceptors (Lipinski definition) is 3. The fraction of sp³-hybridized carbons (Fsp3) is 0.333. The molecule has 0 saturated heterocycles. The summed E-state index contributed by atoms with van der Waals surface area (Å²) in [5.41, 5.74) is 0.369. The summed E-state index contributed by atoms with van der Waals surface area (Å²) in [6.45, 7) is 0. The number of benzene rings is 1. The maximum absolute atomic E-state index is 12.3. The first-order chi connectivity index (χ1) is 10.00. The number of halogens is 3. The lowest BCUT2D eigenvalue weighted by atomic mass is 9.64. The molecular weight excluding hydrogens is 281 g/mol. The summed E-state index contributed by atoms with van der Waals surface area (Å²) in [4.78, 5) is 8.56. The summed E-state index contributed by atoms with van der Waals surface area (Å²) in [7, 11) is 0. The van der Waals surface area contributed by atoms with Gasteiger partial charge in [-0.25, -0.2) is 9.97 Å². The molecule has 1 fully saturated rings. The van der Waals surface area contributed by atoms with Gasteiger partial charge in [0.05, 0.1) is 5.41 Å². The fourth-order valence-electron chi connectivity index (χ4n) is 2.71. The second-order valence-electron chi connectivity index (χ2n) is 5.08. The van der Waals surface area contributed by atoms with E-state index in [0.717, 1.165) is 24.8 Å². The first-order valence-corrected chi connectivity index (χ1v) is 6.63. The van der Waals surface area contributed by atoms with Crippen LogP contribution in [-0.2, 0) is 5.41 Å². The number of alkyl halides is 3. The standard InChI is InChI=1S/C15H13F3N2O/c16-15(17,18)21-12-5-1-4-11(10-12)14(6-2-7-14)13-19-8-3-9-20-13/h1,3-5,8-10H,2,6-7H2. The first-order valence-electron chi connectivity index (χ1n) is 6.63. The van der Waals surface area contributed by atoms with Crippen LogP contribution in [0.1, 0.15) is 30.7 Å². The minimum absolute atomic E-state index is 0.206. The number of hydrogen-bond donors (Lipinski definition) is 0. The highest BCUT2D eigenvalue weighted by Gasteiger charge is 2.43. The lowest BCUT2D eigenvalue weighted by molar-refractivity contribution is -0.274. The molecule has 0 bridgehead atoms. The smallest absolute Gasteiger partial charge is 0.406 e. The zero-order valence-corrected chi connectivity index (χ0v) is 11.1. The summed E-state index contributed by atoms with van der Waals surface area (Å²) in [5.74, 6) is 0.447. The van der Waals surface area contributed by atoms with E-state index in [0.29, 0.717) is 5.82 Å². The average Bonchev–Trinajstić information content (AvgIpc) is 2.37. The summed E-state index contributed by atoms with van der Waals surface area (Å²) < 4.78 is 41.0. The second-order valence-corrected chi connectivity index (χ2v) is 5.08. The van der Waals surface area contributed by atoms with Crippen molar-refractivity contribution in [1.82, 2.24) is 9.97 Å². The van der Waals surface area contributed by atoms with Gasteiger partial charge < -0.3 is 4.74 Å². The Morgan fingerprint density at radius 2 is 1.76 bits per heavy atom. The van der Waals surface area contributed by atoms with Crippen molar-refractivity contribution in [2.45, 2.75) is 31.0 Å². The molecule has 0 spiro atoms. The van der Waals surface area contributed by atoms with Crippen LogP contribution in [0.4, 0.5) is 13.2 Å². The van der Waals surface area contributed by atoms with Gasteiger partial charge in [-0.1, -0.05) is 18.6 Å². The van der Waals surface area contributed by atoms with Crippen molar-refractivity contribution in [3.05, 3.63) is 54.1 Å². The minimum Gasteiger partial charge on any atom is -0.406 e. The Labute approximate surface area is 119 Å². The molecule has 1 saturated carbocycles. The number of aromatic nitrogens is 2. The molecule has 1 heterocycles. The molecule has 2 aromatic rings. The highest BCUT2D eigenvalue weighted by molar-refractivity contribution is 5.40. The molecule has 110 valence electrons. The van der Waals surface area contributed by atoms with E-state index in [1.54, 1.807) is 30.6 Å². The Morgan fingerprint density at radius 3 is 2.33 bits per heavy atom. The van der Waals surface area contributed by atoms with Crippen LogP contribution in [0.15, 0.2) is 42.7 Å². The normalized spacial score (nSPS) is 17.1. The van der Waals surface area contributed by atoms with E-state index in [2.05, 4.69) is 14.7 Å². The molecule has 1 aromatic carbocycles. The minimum atomic E-state index is -4.69. The predicted molar refractivity (Wildman–Crippen MR) is 69.8 cm³/mol. The molecule has 1 aliphatic carbocycles. The van der Waals surface area contributed by atoms with Crippen molar-refractivity contribution in [2.24, 2.45) is 0 Å². The van der Waals surface area contributed by atoms with Crippen molar-refractivity contribution in [3.63, 3.8) is 0 Å². The molecule has 0 amide bonds. The Balaban J connectivity index is 1.97. The van der Waals surface area contributed by atoms with E-state index in [1.165, 1.54) is 12.1 Å². The molecule has 0 aliphatic heterocycles. The lowest BCUT2D eigenvalue weighted by Gasteiger charge is -2.41. The monoisotopic (exact) mass is 294 g/mol. The van der Waals surface area contributed by atoms with Crippen molar-refractivity contribution in [1.29, 1.82) is 0 Å². The fourth-order valence-corrected chi connectivity index (χ4v) is 2.71. The zero-order chi connectivity index (χ0) is 14.9. The highest BCUT2D eigenvalue weighted by Crippen LogP contribution is 2.48. The van der Waals surface area contributed by atoms with E-state index in [4.69, 9.17) is 0 Å². The van der Waals surface area contributed by atoms with Crippen molar-refractivity contribution < 1.29 is 17.9 Å². The van der Waals surface area contributed by atoms with E-state index in [-0.39, 0.29) is 5.75 Å². The largest absolute Gasteiger partial charge is 0.573 e. The molecule has 1 aromatic heterocycles. The van der Waals surface area contributed by atoms with Crippen LogP contribution in [0.2, 0.25) is 0 Å². The van der Waals surface area contributed by atoms with Gasteiger partial charge in [0.2, 0.25) is 0 Å². The zero-order valence-electron chi connectivity index (χ0n) is 11.1. The van der Waals surface area contributed by atoms with E-state index < -0.39 is 11.8 Å². The van der Waals surface area contributed by atoms with Gasteiger partial charge in [-0.15, -0.1) is 13.2 Å². The Bertz CT molecular complexity index is 624. The van der Waals surface area contributed by atoms with Crippen molar-refractivity contribution in [3.8, 4) is 5.75 Å². The maximum atomic E-state index is 12.3. The van der Waals surface area contributed by atoms with Crippen LogP contribution in [0.3, 0.4) is 0 Å². The summed E-state index contributed by atoms with van der Waals surface area (Å²) >= 11 is 0. The maximum Gasteiger partial charge on any atom is 0.573 e. The average molecular weight is 294 g/mol. The Kier molecular flexibility index (Phi) is 3.31. The van der Waals surface area contributed by atoms with Crippen LogP contribution in [0.5, 0.6) is 5.75 Å². The second kappa shape index (κ2) is 5.02. The van der Waals surface area contributed by atoms with E-state index >= 15 is 0 Å². The van der Waals surface area contributed by atoms with E-state index in [9.17, 15) is 13.2 Å². The SMILES string of the molecule is FC(F)(F)Oc1cccc(C2(c3ncccn3)CCC2)c1. The van der Waals surface area contributed by atoms with Gasteiger partial charge >= 0.3 is 6.36 Å². The van der Waals surface area contributed by atoms with Crippen LogP contribution >= 0.6 is 0 Å². The van der Waals surface area contributed by atoms with Crippen molar-refractivity contribution in [2.75, 3.05) is 0 Å². The Morgan fingerprint density at radius 1 is 1.05 bits per heavy atom. The molecule has 1 aliphatic rings. The van der Waals surface area contributed by atoms with Gasteiger partial charge in [-0.2, -0.15) is 0 Å². The van der Waals surface area contributed by atoms with Crippen LogP contribution in [-0.4, -0.2) is 16.3 Å². The predicted octanol–water partition coefficient (Wildman–Crippen LogP) is 3.85. The molecular formula is C15H13F3N2O. The summed E-state index contributed by atoms with van der Waals surface area (Å²) in [6.07, 6.45) is 1.27. The third-order valence-electron chi connectivity index (χ3n) is 3.82. The first kappa shape index (κ1) is 13.9. The Hall–Kier alpha value is -2.11. The van der Waals surface area contributed by atoms with E-state index in [1.807, 2.05) is 0 Å². The lowest BCUT2D eigenvalue weighted by Crippen LogP contribution is -2.37. The van der Waals surface area contributed by atoms with Gasteiger partial charge in [0.15, 0.2) is 0 Å². The molecule has 21 heavy (non-hydrogen) atoms. The molecule has 0 N–H and O–H groups in total. The summed E-state index contributed by atoms with van der Waals surface area (Å²) in [5, 5.41) is 0. The quantitative estimate of drug-likeness (QED) is 0.862. The topological polar surface area (TPSA) is 35.0 Å². The molecule has 0 atom stereocenters. The van der Waals surface area contributed by atoms with Crippen LogP contribution in [0.25, 0.3) is 0 Å². The number of rotatable bonds is 3. The molecule has 3 rings (SSSR count). The van der Waals surface area contributed by atoms with Gasteiger partial charge in [0.1, 0.15) is 11.6 Å². The van der Waals surface area contributed by atoms with Crippen LogP contribution in [0, 0.1) is 0 Å².